The third-order valence-corrected chi connectivity index (χ3v) is 4.94. The molecule has 2 N–H and O–H groups in total. The third-order valence-electron chi connectivity index (χ3n) is 3.67. The van der Waals surface area contributed by atoms with E-state index in [1.165, 1.54) is 13.8 Å². The van der Waals surface area contributed by atoms with E-state index in [0.717, 1.165) is 0 Å². The number of hydrogen-bond acceptors (Lipinski definition) is 8. The number of amides is 2. The number of alkyl carbamates (subject to hydrolysis) is 1. The van der Waals surface area contributed by atoms with Gasteiger partial charge in [-0.05, 0) is 18.3 Å². The van der Waals surface area contributed by atoms with E-state index in [0.29, 0.717) is 6.42 Å². The van der Waals surface area contributed by atoms with E-state index >= 15 is 0 Å². The number of rotatable bonds is 13. The quantitative estimate of drug-likeness (QED) is 0.191. The molecule has 2 amide bonds. The zero-order chi connectivity index (χ0) is 22.7. The Hall–Kier alpha value is -1.88. The first-order valence-corrected chi connectivity index (χ1v) is 11.1. The van der Waals surface area contributed by atoms with E-state index in [1.54, 1.807) is 27.7 Å². The molecule has 0 bridgehead atoms. The molecule has 170 valence electrons. The molecule has 0 saturated heterocycles. The molecule has 1 atom stereocenters. The van der Waals surface area contributed by atoms with Gasteiger partial charge in [0, 0.05) is 26.9 Å². The van der Waals surface area contributed by atoms with Gasteiger partial charge in [0.15, 0.2) is 0 Å². The topological polar surface area (TPSA) is 137 Å². The minimum atomic E-state index is -3.70. The fourth-order valence-corrected chi connectivity index (χ4v) is 3.03. The molecule has 0 saturated carbocycles. The highest BCUT2D eigenvalue weighted by Crippen LogP contribution is 2.21. The van der Waals surface area contributed by atoms with E-state index in [-0.39, 0.29) is 43.7 Å². The molecule has 0 aliphatic carbocycles. The van der Waals surface area contributed by atoms with E-state index in [4.69, 9.17) is 13.7 Å². The first-order chi connectivity index (χ1) is 13.2. The lowest BCUT2D eigenvalue weighted by molar-refractivity contribution is -0.168. The van der Waals surface area contributed by atoms with E-state index in [1.807, 2.05) is 0 Å². The molecule has 10 nitrogen and oxygen atoms in total. The molecule has 0 rings (SSSR count). The van der Waals surface area contributed by atoms with Gasteiger partial charge in [-0.25, -0.2) is 4.79 Å². The second kappa shape index (κ2) is 12.6. The second-order valence-electron chi connectivity index (χ2n) is 7.77. The van der Waals surface area contributed by atoms with Crippen LogP contribution in [0, 0.1) is 11.3 Å². The van der Waals surface area contributed by atoms with Crippen LogP contribution in [0.4, 0.5) is 4.79 Å². The Balaban J connectivity index is 4.17. The maximum Gasteiger partial charge on any atom is 0.410 e. The lowest BCUT2D eigenvalue weighted by atomic mass is 9.91. The Morgan fingerprint density at radius 3 is 2.17 bits per heavy atom. The number of carbonyl (C=O) groups is 3. The average Bonchev–Trinajstić information content (AvgIpc) is 2.56. The van der Waals surface area contributed by atoms with Crippen LogP contribution in [0.15, 0.2) is 0 Å². The third kappa shape index (κ3) is 14.7. The fraction of sp³-hybridized carbons (Fsp3) is 0.833. The fourth-order valence-electron chi connectivity index (χ4n) is 1.91. The minimum Gasteiger partial charge on any atom is -0.425 e. The van der Waals surface area contributed by atoms with Crippen molar-refractivity contribution in [3.8, 4) is 0 Å². The van der Waals surface area contributed by atoms with E-state index in [9.17, 15) is 22.8 Å². The summed E-state index contributed by atoms with van der Waals surface area (Å²) in [5.41, 5.74) is -0.520. The van der Waals surface area contributed by atoms with Gasteiger partial charge in [0.2, 0.25) is 12.2 Å². The molecule has 0 aliphatic rings. The van der Waals surface area contributed by atoms with Crippen molar-refractivity contribution in [1.82, 2.24) is 10.6 Å². The van der Waals surface area contributed by atoms with Crippen molar-refractivity contribution in [2.45, 2.75) is 60.7 Å². The van der Waals surface area contributed by atoms with Crippen LogP contribution in [0.2, 0.25) is 0 Å². The molecule has 0 heterocycles. The molecule has 0 spiro atoms. The maximum absolute atomic E-state index is 11.9. The van der Waals surface area contributed by atoms with Crippen LogP contribution < -0.4 is 10.6 Å². The van der Waals surface area contributed by atoms with E-state index < -0.39 is 33.9 Å². The SMILES string of the molecule is CC(=O)NCCCS(=O)(=O)OCC(C)(C)CCNC(=O)OC(C)OC(=O)C(C)C. The van der Waals surface area contributed by atoms with Crippen molar-refractivity contribution in [3.63, 3.8) is 0 Å². The molecule has 0 radical (unpaired) electrons. The number of ether oxygens (including phenoxy) is 2. The largest absolute Gasteiger partial charge is 0.425 e. The van der Waals surface area contributed by atoms with Gasteiger partial charge in [-0.1, -0.05) is 27.7 Å². The summed E-state index contributed by atoms with van der Waals surface area (Å²) in [5.74, 6) is -1.21. The van der Waals surface area contributed by atoms with Gasteiger partial charge in [0.25, 0.3) is 10.1 Å². The van der Waals surface area contributed by atoms with Gasteiger partial charge < -0.3 is 20.1 Å². The van der Waals surface area contributed by atoms with Crippen LogP contribution in [0.1, 0.15) is 54.4 Å². The molecule has 0 aromatic rings. The van der Waals surface area contributed by atoms with E-state index in [2.05, 4.69) is 10.6 Å². The number of carbonyl (C=O) groups excluding carboxylic acids is 3. The van der Waals surface area contributed by atoms with Gasteiger partial charge in [0.1, 0.15) is 0 Å². The molecular weight excluding hydrogens is 404 g/mol. The zero-order valence-corrected chi connectivity index (χ0v) is 18.9. The summed E-state index contributed by atoms with van der Waals surface area (Å²) in [4.78, 5) is 33.9. The molecule has 1 unspecified atom stereocenters. The van der Waals surface area contributed by atoms with Gasteiger partial charge in [-0.3, -0.25) is 13.8 Å². The smallest absolute Gasteiger partial charge is 0.410 e. The van der Waals surface area contributed by atoms with Crippen molar-refractivity contribution < 1.29 is 36.5 Å². The predicted octanol–water partition coefficient (Wildman–Crippen LogP) is 1.55. The van der Waals surface area contributed by atoms with Gasteiger partial charge >= 0.3 is 12.1 Å². The minimum absolute atomic E-state index is 0.0470. The lowest BCUT2D eigenvalue weighted by Gasteiger charge is -2.24. The molecule has 0 fully saturated rings. The summed E-state index contributed by atoms with van der Waals surface area (Å²) in [5, 5.41) is 5.04. The normalized spacial score (nSPS) is 12.9. The van der Waals surface area contributed by atoms with Crippen molar-refractivity contribution in [2.24, 2.45) is 11.3 Å². The first kappa shape index (κ1) is 27.1. The Labute approximate surface area is 173 Å². The average molecular weight is 439 g/mol. The van der Waals surface area contributed by atoms with Crippen LogP contribution in [-0.2, 0) is 33.4 Å². The highest BCUT2D eigenvalue weighted by atomic mass is 32.2. The van der Waals surface area contributed by atoms with Crippen molar-refractivity contribution in [1.29, 1.82) is 0 Å². The Bertz CT molecular complexity index is 646. The lowest BCUT2D eigenvalue weighted by Crippen LogP contribution is -2.34. The second-order valence-corrected chi connectivity index (χ2v) is 9.53. The standard InChI is InChI=1S/C18H34N2O8S/c1-13(2)16(22)27-15(4)28-17(23)20-10-8-18(5,6)12-26-29(24,25)11-7-9-19-14(3)21/h13,15H,7-12H2,1-6H3,(H,19,21)(H,20,23). The summed E-state index contributed by atoms with van der Waals surface area (Å²) in [6.07, 6.45) is -1.06. The first-order valence-electron chi connectivity index (χ1n) is 9.50. The van der Waals surface area contributed by atoms with Gasteiger partial charge in [-0.2, -0.15) is 8.42 Å². The molecule has 29 heavy (non-hydrogen) atoms. The van der Waals surface area contributed by atoms with Crippen LogP contribution in [0.3, 0.4) is 0 Å². The molecule has 0 aliphatic heterocycles. The molecule has 11 heteroatoms. The Morgan fingerprint density at radius 2 is 1.62 bits per heavy atom. The summed E-state index contributed by atoms with van der Waals surface area (Å²) in [6, 6.07) is 0. The predicted molar refractivity (Wildman–Crippen MR) is 106 cm³/mol. The summed E-state index contributed by atoms with van der Waals surface area (Å²) >= 11 is 0. The Kier molecular flexibility index (Phi) is 11.8. The van der Waals surface area contributed by atoms with Crippen LogP contribution in [0.5, 0.6) is 0 Å². The monoisotopic (exact) mass is 438 g/mol. The van der Waals surface area contributed by atoms with Crippen molar-refractivity contribution in [3.05, 3.63) is 0 Å². The highest BCUT2D eigenvalue weighted by molar-refractivity contribution is 7.86. The van der Waals surface area contributed by atoms with Crippen molar-refractivity contribution >= 4 is 28.1 Å². The highest BCUT2D eigenvalue weighted by Gasteiger charge is 2.23. The summed E-state index contributed by atoms with van der Waals surface area (Å²) in [7, 11) is -3.70. The molecule has 0 aromatic carbocycles. The van der Waals surface area contributed by atoms with Crippen LogP contribution >= 0.6 is 0 Å². The zero-order valence-electron chi connectivity index (χ0n) is 18.1. The number of esters is 1. The van der Waals surface area contributed by atoms with Gasteiger partial charge in [-0.15, -0.1) is 0 Å². The summed E-state index contributed by atoms with van der Waals surface area (Å²) < 4.78 is 38.7. The number of nitrogens with one attached hydrogen (secondary N) is 2. The number of hydrogen-bond donors (Lipinski definition) is 2. The molecule has 0 aromatic heterocycles. The maximum atomic E-state index is 11.9. The van der Waals surface area contributed by atoms with Crippen LogP contribution in [0.25, 0.3) is 0 Å². The van der Waals surface area contributed by atoms with Gasteiger partial charge in [0.05, 0.1) is 18.3 Å². The molecular formula is C18H34N2O8S. The summed E-state index contributed by atoms with van der Waals surface area (Å²) in [6.45, 7) is 10.2. The van der Waals surface area contributed by atoms with Crippen LogP contribution in [-0.4, -0.2) is 58.1 Å². The van der Waals surface area contributed by atoms with Crippen molar-refractivity contribution in [2.75, 3.05) is 25.4 Å². The Morgan fingerprint density at radius 1 is 1.00 bits per heavy atom.